The highest BCUT2D eigenvalue weighted by molar-refractivity contribution is 5.10. The Labute approximate surface area is 223 Å². The van der Waals surface area contributed by atoms with Crippen molar-refractivity contribution in [3.63, 3.8) is 0 Å². The van der Waals surface area contributed by atoms with Crippen LogP contribution in [0.2, 0.25) is 0 Å². The van der Waals surface area contributed by atoms with Crippen LogP contribution >= 0.6 is 0 Å². The standard InChI is InChI=1S/C13H20.C12H20.C11H18/c1-7-4-10-6-11(7)13-9-3-2-8(5-9)12(10)13;1-8-6-9-7-12(8)11-5-3-2-4-10(9)11;1-7-5-8-6-11(7)10-4-2-3-9(8)10/h7-13H,2-6H2,1H3;8-12H,2-7H2,1H3;7-11H,2-6H2,1H3. The molecule has 36 heavy (non-hydrogen) atoms. The molecule has 10 aliphatic carbocycles. The van der Waals surface area contributed by atoms with E-state index in [9.17, 15) is 0 Å². The van der Waals surface area contributed by atoms with Gasteiger partial charge in [-0.3, -0.25) is 0 Å². The largest absolute Gasteiger partial charge is 0.0622 e. The van der Waals surface area contributed by atoms with Gasteiger partial charge >= 0.3 is 0 Å². The Balaban J connectivity index is 0.0000000860. The van der Waals surface area contributed by atoms with Gasteiger partial charge in [0.2, 0.25) is 0 Å². The molecule has 0 radical (unpaired) electrons. The van der Waals surface area contributed by atoms with Gasteiger partial charge in [0.15, 0.2) is 0 Å². The van der Waals surface area contributed by atoms with Crippen LogP contribution in [0.1, 0.15) is 124 Å². The van der Waals surface area contributed by atoms with Gasteiger partial charge in [0.25, 0.3) is 0 Å². The maximum absolute atomic E-state index is 2.52. The average molecular weight is 491 g/mol. The first-order valence-corrected chi connectivity index (χ1v) is 17.6. The minimum absolute atomic E-state index is 1.08. The lowest BCUT2D eigenvalue weighted by atomic mass is 9.68. The fourth-order valence-electron chi connectivity index (χ4n) is 14.9. The van der Waals surface area contributed by atoms with E-state index in [1.165, 1.54) is 71.5 Å². The van der Waals surface area contributed by atoms with Gasteiger partial charge in [0.05, 0.1) is 0 Å². The Morgan fingerprint density at radius 1 is 0.306 bits per heavy atom. The van der Waals surface area contributed by atoms with Crippen LogP contribution in [0.3, 0.4) is 0 Å². The van der Waals surface area contributed by atoms with Crippen molar-refractivity contribution in [1.29, 1.82) is 0 Å². The van der Waals surface area contributed by atoms with Gasteiger partial charge in [-0.1, -0.05) is 40.0 Å². The first kappa shape index (κ1) is 23.9. The van der Waals surface area contributed by atoms with Crippen LogP contribution in [0, 0.1) is 101 Å². The monoisotopic (exact) mass is 490 g/mol. The van der Waals surface area contributed by atoms with Crippen molar-refractivity contribution in [3.8, 4) is 0 Å². The van der Waals surface area contributed by atoms with Crippen LogP contribution in [0.25, 0.3) is 0 Å². The molecule has 10 aliphatic rings. The first-order chi connectivity index (χ1) is 17.6. The lowest BCUT2D eigenvalue weighted by Gasteiger charge is -2.37. The highest BCUT2D eigenvalue weighted by Gasteiger charge is 2.61. The molecular formula is C36H58. The Morgan fingerprint density at radius 3 is 1.44 bits per heavy atom. The summed E-state index contributed by atoms with van der Waals surface area (Å²) in [6.07, 6.45) is 25.4. The SMILES string of the molecule is CC1CC2CC1C1C3CCC(C3)C21.CC1CC2CC1C1CCCC21.CC1CC2CC1C1CCCCC21. The summed E-state index contributed by atoms with van der Waals surface area (Å²) in [6.45, 7) is 7.50. The Hall–Kier alpha value is 0. The average Bonchev–Trinajstić information content (AvgIpc) is 3.69. The number of rotatable bonds is 0. The first-order valence-electron chi connectivity index (χ1n) is 17.6. The minimum Gasteiger partial charge on any atom is -0.0622 e. The Bertz CT molecular complexity index is 811. The van der Waals surface area contributed by atoms with E-state index < -0.39 is 0 Å². The molecule has 0 aromatic carbocycles. The topological polar surface area (TPSA) is 0 Å². The van der Waals surface area contributed by atoms with E-state index in [4.69, 9.17) is 0 Å². The van der Waals surface area contributed by atoms with Crippen molar-refractivity contribution < 1.29 is 0 Å². The number of hydrogen-bond donors (Lipinski definition) is 0. The lowest BCUT2D eigenvalue weighted by Crippen LogP contribution is -2.31. The highest BCUT2D eigenvalue weighted by Crippen LogP contribution is 2.68. The predicted octanol–water partition coefficient (Wildman–Crippen LogP) is 9.87. The molecule has 17 unspecified atom stereocenters. The molecule has 0 N–H and O–H groups in total. The summed E-state index contributed by atoms with van der Waals surface area (Å²) in [4.78, 5) is 0. The lowest BCUT2D eigenvalue weighted by molar-refractivity contribution is 0.112. The van der Waals surface area contributed by atoms with Crippen molar-refractivity contribution in [3.05, 3.63) is 0 Å². The molecule has 0 amide bonds. The molecule has 0 nitrogen and oxygen atoms in total. The summed E-state index contributed by atoms with van der Waals surface area (Å²) in [5.41, 5.74) is 0. The van der Waals surface area contributed by atoms with Crippen molar-refractivity contribution in [2.45, 2.75) is 124 Å². The summed E-state index contributed by atoms with van der Waals surface area (Å²) >= 11 is 0. The van der Waals surface area contributed by atoms with Gasteiger partial charge in [-0.2, -0.15) is 0 Å². The molecule has 0 aromatic rings. The smallest absolute Gasteiger partial charge is 0.0321 e. The predicted molar refractivity (Wildman–Crippen MR) is 150 cm³/mol. The molecule has 0 heteroatoms. The molecule has 0 aromatic heterocycles. The second kappa shape index (κ2) is 9.01. The van der Waals surface area contributed by atoms with Crippen molar-refractivity contribution in [1.82, 2.24) is 0 Å². The number of hydrogen-bond acceptors (Lipinski definition) is 0. The molecule has 8 bridgehead atoms. The quantitative estimate of drug-likeness (QED) is 0.296. The van der Waals surface area contributed by atoms with Crippen molar-refractivity contribution >= 4 is 0 Å². The summed E-state index contributed by atoms with van der Waals surface area (Å²) in [5, 5.41) is 0. The molecule has 0 heterocycles. The van der Waals surface area contributed by atoms with Crippen LogP contribution in [-0.4, -0.2) is 0 Å². The van der Waals surface area contributed by atoms with Gasteiger partial charge in [-0.15, -0.1) is 0 Å². The third kappa shape index (κ3) is 3.56. The zero-order chi connectivity index (χ0) is 24.1. The zero-order valence-corrected chi connectivity index (χ0v) is 24.1. The van der Waals surface area contributed by atoms with Crippen LogP contribution in [0.4, 0.5) is 0 Å². The molecule has 10 rings (SSSR count). The van der Waals surface area contributed by atoms with Crippen molar-refractivity contribution in [2.24, 2.45) is 101 Å². The van der Waals surface area contributed by atoms with E-state index in [2.05, 4.69) is 20.8 Å². The summed E-state index contributed by atoms with van der Waals surface area (Å²) in [6, 6.07) is 0. The molecule has 17 atom stereocenters. The van der Waals surface area contributed by atoms with Gasteiger partial charge in [0.1, 0.15) is 0 Å². The fourth-order valence-corrected chi connectivity index (χ4v) is 14.9. The normalized spacial score (nSPS) is 61.9. The molecule has 10 saturated carbocycles. The second-order valence-corrected chi connectivity index (χ2v) is 17.0. The molecule has 10 fully saturated rings. The summed E-state index contributed by atoms with van der Waals surface area (Å²) < 4.78 is 0. The fraction of sp³-hybridized carbons (Fsp3) is 1.00. The van der Waals surface area contributed by atoms with Gasteiger partial charge in [-0.05, 0) is 184 Å². The highest BCUT2D eigenvalue weighted by atomic mass is 14.7. The third-order valence-electron chi connectivity index (χ3n) is 15.8. The maximum atomic E-state index is 2.52. The summed E-state index contributed by atoms with van der Waals surface area (Å²) in [7, 11) is 0. The third-order valence-corrected chi connectivity index (χ3v) is 15.8. The Kier molecular flexibility index (Phi) is 5.97. The van der Waals surface area contributed by atoms with E-state index in [-0.39, 0.29) is 0 Å². The van der Waals surface area contributed by atoms with Crippen LogP contribution < -0.4 is 0 Å². The molecule has 0 spiro atoms. The molecule has 202 valence electrons. The zero-order valence-electron chi connectivity index (χ0n) is 24.1. The van der Waals surface area contributed by atoms with Gasteiger partial charge < -0.3 is 0 Å². The van der Waals surface area contributed by atoms with E-state index in [1.807, 2.05) is 0 Å². The van der Waals surface area contributed by atoms with Gasteiger partial charge in [-0.25, -0.2) is 0 Å². The van der Waals surface area contributed by atoms with Crippen LogP contribution in [0.15, 0.2) is 0 Å². The molecule has 0 saturated heterocycles. The van der Waals surface area contributed by atoms with Gasteiger partial charge in [0, 0.05) is 0 Å². The second-order valence-electron chi connectivity index (χ2n) is 17.0. The number of fused-ring (bicyclic) bond motifs is 19. The minimum atomic E-state index is 1.08. The van der Waals surface area contributed by atoms with Crippen LogP contribution in [-0.2, 0) is 0 Å². The molecular weight excluding hydrogens is 432 g/mol. The summed E-state index contributed by atoms with van der Waals surface area (Å²) in [5.74, 6) is 19.8. The van der Waals surface area contributed by atoms with E-state index in [0.29, 0.717) is 0 Å². The molecule has 0 aliphatic heterocycles. The van der Waals surface area contributed by atoms with E-state index >= 15 is 0 Å². The van der Waals surface area contributed by atoms with Crippen LogP contribution in [0.5, 0.6) is 0 Å². The van der Waals surface area contributed by atoms with E-state index in [1.54, 1.807) is 96.3 Å². The van der Waals surface area contributed by atoms with E-state index in [0.717, 1.165) is 35.5 Å². The maximum Gasteiger partial charge on any atom is -0.0321 e. The van der Waals surface area contributed by atoms with Crippen molar-refractivity contribution in [2.75, 3.05) is 0 Å². The Morgan fingerprint density at radius 2 is 0.778 bits per heavy atom.